The van der Waals surface area contributed by atoms with Gasteiger partial charge in [0.15, 0.2) is 5.78 Å². The molecule has 1 atom stereocenters. The van der Waals surface area contributed by atoms with Crippen LogP contribution in [0.2, 0.25) is 0 Å². The van der Waals surface area contributed by atoms with Gasteiger partial charge in [0.05, 0.1) is 5.92 Å². The van der Waals surface area contributed by atoms with Crippen LogP contribution in [-0.2, 0) is 4.79 Å². The highest BCUT2D eigenvalue weighted by molar-refractivity contribution is 5.97. The molecule has 14 heavy (non-hydrogen) atoms. The zero-order chi connectivity index (χ0) is 10.7. The molecule has 1 aromatic carbocycles. The van der Waals surface area contributed by atoms with Gasteiger partial charge in [-0.15, -0.1) is 0 Å². The van der Waals surface area contributed by atoms with E-state index in [1.54, 1.807) is 31.2 Å². The minimum absolute atomic E-state index is 0.103. The molecule has 0 fully saturated rings. The molecular weight excluding hydrogens is 180 g/mol. The predicted octanol–water partition coefficient (Wildman–Crippen LogP) is 2.08. The maximum Gasteiger partial charge on any atom is 0.310 e. The molecule has 3 heteroatoms. The smallest absolute Gasteiger partial charge is 0.310 e. The molecule has 0 saturated heterocycles. The normalized spacial score (nSPS) is 12.1. The second-order valence-corrected chi connectivity index (χ2v) is 3.20. The summed E-state index contributed by atoms with van der Waals surface area (Å²) in [6.45, 7) is 3.01. The van der Waals surface area contributed by atoms with Crippen LogP contribution in [0.25, 0.3) is 0 Å². The average Bonchev–Trinajstić information content (AvgIpc) is 2.16. The Bertz CT molecular complexity index is 369. The van der Waals surface area contributed by atoms with Gasteiger partial charge in [-0.1, -0.05) is 24.3 Å². The molecule has 0 aliphatic rings. The van der Waals surface area contributed by atoms with E-state index >= 15 is 0 Å². The molecule has 74 valence electrons. The fraction of sp³-hybridized carbons (Fsp3) is 0.273. The fourth-order valence-corrected chi connectivity index (χ4v) is 1.33. The van der Waals surface area contributed by atoms with Gasteiger partial charge in [-0.2, -0.15) is 0 Å². The monoisotopic (exact) mass is 192 g/mol. The van der Waals surface area contributed by atoms with E-state index in [4.69, 9.17) is 5.11 Å². The zero-order valence-corrected chi connectivity index (χ0v) is 8.15. The standard InChI is InChI=1S/C11H12O3/c1-7(11(13)14)9-5-3-4-6-10(9)8(2)12/h3-7H,1-2H3,(H,13,14)/t7-/m1/s1. The quantitative estimate of drug-likeness (QED) is 0.746. The van der Waals surface area contributed by atoms with E-state index in [1.807, 2.05) is 0 Å². The lowest BCUT2D eigenvalue weighted by molar-refractivity contribution is -0.138. The van der Waals surface area contributed by atoms with Crippen molar-refractivity contribution in [3.63, 3.8) is 0 Å². The largest absolute Gasteiger partial charge is 0.481 e. The number of rotatable bonds is 3. The van der Waals surface area contributed by atoms with Gasteiger partial charge in [0.25, 0.3) is 0 Å². The van der Waals surface area contributed by atoms with Crippen molar-refractivity contribution in [2.24, 2.45) is 0 Å². The Balaban J connectivity index is 3.19. The Labute approximate surface area is 82.4 Å². The van der Waals surface area contributed by atoms with E-state index in [-0.39, 0.29) is 5.78 Å². The van der Waals surface area contributed by atoms with Crippen LogP contribution in [0.1, 0.15) is 35.7 Å². The van der Waals surface area contributed by atoms with Gasteiger partial charge in [0.2, 0.25) is 0 Å². The summed E-state index contributed by atoms with van der Waals surface area (Å²) in [6.07, 6.45) is 0. The summed E-state index contributed by atoms with van der Waals surface area (Å²) in [5, 5.41) is 8.83. The maximum atomic E-state index is 11.2. The molecule has 0 unspecified atom stereocenters. The Kier molecular flexibility index (Phi) is 3.02. The Morgan fingerprint density at radius 3 is 2.36 bits per heavy atom. The molecule has 3 nitrogen and oxygen atoms in total. The van der Waals surface area contributed by atoms with E-state index in [0.717, 1.165) is 0 Å². The minimum Gasteiger partial charge on any atom is -0.481 e. The van der Waals surface area contributed by atoms with Gasteiger partial charge >= 0.3 is 5.97 Å². The number of hydrogen-bond acceptors (Lipinski definition) is 2. The first kappa shape index (κ1) is 10.4. The molecule has 1 N–H and O–H groups in total. The first-order valence-corrected chi connectivity index (χ1v) is 4.36. The van der Waals surface area contributed by atoms with Gasteiger partial charge in [-0.3, -0.25) is 9.59 Å². The number of Topliss-reactive ketones (excluding diaryl/α,β-unsaturated/α-hetero) is 1. The third-order valence-corrected chi connectivity index (χ3v) is 2.18. The number of carboxylic acid groups (broad SMARTS) is 1. The lowest BCUT2D eigenvalue weighted by atomic mass is 9.94. The molecule has 0 aliphatic heterocycles. The van der Waals surface area contributed by atoms with Crippen molar-refractivity contribution in [2.45, 2.75) is 19.8 Å². The summed E-state index contributed by atoms with van der Waals surface area (Å²) >= 11 is 0. The first-order chi connectivity index (χ1) is 6.54. The summed E-state index contributed by atoms with van der Waals surface area (Å²) in [7, 11) is 0. The number of benzene rings is 1. The van der Waals surface area contributed by atoms with E-state index in [2.05, 4.69) is 0 Å². The lowest BCUT2D eigenvalue weighted by Crippen LogP contribution is -2.11. The zero-order valence-electron chi connectivity index (χ0n) is 8.15. The number of hydrogen-bond donors (Lipinski definition) is 1. The Morgan fingerprint density at radius 2 is 1.86 bits per heavy atom. The second-order valence-electron chi connectivity index (χ2n) is 3.20. The number of aliphatic carboxylic acids is 1. The van der Waals surface area contributed by atoms with Gasteiger partial charge in [0, 0.05) is 5.56 Å². The van der Waals surface area contributed by atoms with Crippen LogP contribution in [0.4, 0.5) is 0 Å². The molecule has 0 saturated carbocycles. The number of carboxylic acids is 1. The topological polar surface area (TPSA) is 54.4 Å². The van der Waals surface area contributed by atoms with E-state index in [9.17, 15) is 9.59 Å². The summed E-state index contributed by atoms with van der Waals surface area (Å²) in [5.74, 6) is -1.66. The Hall–Kier alpha value is -1.64. The highest BCUT2D eigenvalue weighted by atomic mass is 16.4. The van der Waals surface area contributed by atoms with Crippen molar-refractivity contribution in [3.8, 4) is 0 Å². The average molecular weight is 192 g/mol. The fourth-order valence-electron chi connectivity index (χ4n) is 1.33. The first-order valence-electron chi connectivity index (χ1n) is 4.36. The molecule has 0 bridgehead atoms. The van der Waals surface area contributed by atoms with Gasteiger partial charge in [0.1, 0.15) is 0 Å². The SMILES string of the molecule is CC(=O)c1ccccc1[C@@H](C)C(=O)O. The van der Waals surface area contributed by atoms with Crippen molar-refractivity contribution in [1.82, 2.24) is 0 Å². The van der Waals surface area contributed by atoms with Gasteiger partial charge in [-0.25, -0.2) is 0 Å². The summed E-state index contributed by atoms with van der Waals surface area (Å²) < 4.78 is 0. The number of carbonyl (C=O) groups excluding carboxylic acids is 1. The van der Waals surface area contributed by atoms with Crippen LogP contribution in [-0.4, -0.2) is 16.9 Å². The van der Waals surface area contributed by atoms with Crippen molar-refractivity contribution in [2.75, 3.05) is 0 Å². The minimum atomic E-state index is -0.918. The molecule has 1 rings (SSSR count). The second kappa shape index (κ2) is 4.05. The van der Waals surface area contributed by atoms with Crippen LogP contribution >= 0.6 is 0 Å². The molecule has 0 radical (unpaired) electrons. The summed E-state index contributed by atoms with van der Waals surface area (Å²) in [5.41, 5.74) is 1.06. The molecule has 0 spiro atoms. The molecule has 0 aliphatic carbocycles. The predicted molar refractivity (Wildman–Crippen MR) is 52.5 cm³/mol. The van der Waals surface area contributed by atoms with Crippen LogP contribution in [0.15, 0.2) is 24.3 Å². The number of ketones is 1. The van der Waals surface area contributed by atoms with Gasteiger partial charge in [-0.05, 0) is 19.4 Å². The molecule has 0 heterocycles. The van der Waals surface area contributed by atoms with Crippen molar-refractivity contribution < 1.29 is 14.7 Å². The molecule has 0 amide bonds. The summed E-state index contributed by atoms with van der Waals surface area (Å²) in [6, 6.07) is 6.79. The molecular formula is C11H12O3. The van der Waals surface area contributed by atoms with Crippen molar-refractivity contribution in [1.29, 1.82) is 0 Å². The van der Waals surface area contributed by atoms with Crippen molar-refractivity contribution in [3.05, 3.63) is 35.4 Å². The van der Waals surface area contributed by atoms with E-state index < -0.39 is 11.9 Å². The highest BCUT2D eigenvalue weighted by Crippen LogP contribution is 2.20. The van der Waals surface area contributed by atoms with Crippen LogP contribution in [0.3, 0.4) is 0 Å². The van der Waals surface area contributed by atoms with Crippen molar-refractivity contribution >= 4 is 11.8 Å². The Morgan fingerprint density at radius 1 is 1.29 bits per heavy atom. The van der Waals surface area contributed by atoms with Crippen LogP contribution < -0.4 is 0 Å². The van der Waals surface area contributed by atoms with E-state index in [0.29, 0.717) is 11.1 Å². The number of carbonyl (C=O) groups is 2. The molecule has 0 aromatic heterocycles. The maximum absolute atomic E-state index is 11.2. The van der Waals surface area contributed by atoms with E-state index in [1.165, 1.54) is 6.92 Å². The van der Waals surface area contributed by atoms with Gasteiger partial charge < -0.3 is 5.11 Å². The highest BCUT2D eigenvalue weighted by Gasteiger charge is 2.18. The lowest BCUT2D eigenvalue weighted by Gasteiger charge is -2.10. The third-order valence-electron chi connectivity index (χ3n) is 2.18. The third kappa shape index (κ3) is 1.99. The summed E-state index contributed by atoms with van der Waals surface area (Å²) in [4.78, 5) is 22.0. The molecule has 1 aromatic rings. The van der Waals surface area contributed by atoms with Crippen LogP contribution in [0.5, 0.6) is 0 Å². The van der Waals surface area contributed by atoms with Crippen LogP contribution in [0, 0.1) is 0 Å².